The molecule has 2 bridgehead atoms. The fraction of sp³-hybridized carbons (Fsp3) is 0.300. The summed E-state index contributed by atoms with van der Waals surface area (Å²) in [5.74, 6) is 3.22. The molecule has 6 aliphatic rings. The molecular formula is C60H55N. The molecule has 13 rings (SSSR count). The van der Waals surface area contributed by atoms with Crippen molar-refractivity contribution < 1.29 is 0 Å². The standard InChI is InChI=1S/C60H55N/c1-57(2)30-31-58(3,4)51-35-45(28-29-50(51)57)61(44-26-24-40(25-27-44)39-16-8-5-9-17-39)56-47(41-18-10-6-11-19-41)36-48-46-22-14-15-23-49(46)60(55(48)54(56)42-20-12-7-13-21-42)52-33-38-32-43-34-53(60)59(43,52)37-38/h5-29,35-36,38,43,52-53H,30-34,37H2,1-4H3. The molecule has 6 unspecified atom stereocenters. The Morgan fingerprint density at radius 2 is 1.05 bits per heavy atom. The van der Waals surface area contributed by atoms with E-state index in [1.807, 2.05) is 0 Å². The van der Waals surface area contributed by atoms with E-state index < -0.39 is 0 Å². The van der Waals surface area contributed by atoms with Crippen LogP contribution in [0, 0.1) is 29.1 Å². The second kappa shape index (κ2) is 12.5. The Morgan fingerprint density at radius 1 is 0.459 bits per heavy atom. The molecule has 2 spiro atoms. The molecule has 7 aromatic rings. The van der Waals surface area contributed by atoms with E-state index in [-0.39, 0.29) is 16.2 Å². The minimum absolute atomic E-state index is 0.0252. The Morgan fingerprint density at radius 3 is 1.75 bits per heavy atom. The highest BCUT2D eigenvalue weighted by molar-refractivity contribution is 6.05. The topological polar surface area (TPSA) is 3.24 Å². The van der Waals surface area contributed by atoms with Gasteiger partial charge >= 0.3 is 0 Å². The van der Waals surface area contributed by atoms with Crippen LogP contribution in [0.2, 0.25) is 0 Å². The van der Waals surface area contributed by atoms with Crippen molar-refractivity contribution in [3.63, 3.8) is 0 Å². The summed E-state index contributed by atoms with van der Waals surface area (Å²) in [4.78, 5) is 2.69. The lowest BCUT2D eigenvalue weighted by Gasteiger charge is -2.76. The van der Waals surface area contributed by atoms with Crippen molar-refractivity contribution in [3.8, 4) is 44.5 Å². The first kappa shape index (κ1) is 36.0. The van der Waals surface area contributed by atoms with Crippen LogP contribution in [0.4, 0.5) is 17.1 Å². The highest BCUT2D eigenvalue weighted by atomic mass is 15.1. The average Bonchev–Trinajstić information content (AvgIpc) is 3.93. The summed E-state index contributed by atoms with van der Waals surface area (Å²) in [6, 6.07) is 63.1. The van der Waals surface area contributed by atoms with E-state index in [2.05, 4.69) is 196 Å². The smallest absolute Gasteiger partial charge is 0.0621 e. The van der Waals surface area contributed by atoms with Crippen LogP contribution in [0.15, 0.2) is 164 Å². The Hall–Kier alpha value is -5.66. The Balaban J connectivity index is 1.16. The predicted molar refractivity (Wildman–Crippen MR) is 254 cm³/mol. The Labute approximate surface area is 362 Å². The van der Waals surface area contributed by atoms with Crippen LogP contribution in [0.5, 0.6) is 0 Å². The average molecular weight is 790 g/mol. The molecule has 0 heterocycles. The van der Waals surface area contributed by atoms with Gasteiger partial charge in [-0.2, -0.15) is 0 Å². The first-order chi connectivity index (χ1) is 29.7. The van der Waals surface area contributed by atoms with Gasteiger partial charge < -0.3 is 4.90 Å². The first-order valence-electron chi connectivity index (χ1n) is 23.2. The van der Waals surface area contributed by atoms with Crippen molar-refractivity contribution in [2.75, 3.05) is 4.90 Å². The van der Waals surface area contributed by atoms with Gasteiger partial charge in [-0.05, 0) is 164 Å². The minimum Gasteiger partial charge on any atom is -0.309 e. The van der Waals surface area contributed by atoms with Gasteiger partial charge in [0.2, 0.25) is 0 Å². The second-order valence-corrected chi connectivity index (χ2v) is 21.2. The van der Waals surface area contributed by atoms with Crippen molar-refractivity contribution in [1.29, 1.82) is 0 Å². The molecule has 4 fully saturated rings. The number of anilines is 3. The third-order valence-electron chi connectivity index (χ3n) is 17.6. The van der Waals surface area contributed by atoms with Gasteiger partial charge in [0.15, 0.2) is 0 Å². The highest BCUT2D eigenvalue weighted by Crippen LogP contribution is 2.90. The molecule has 61 heavy (non-hydrogen) atoms. The van der Waals surface area contributed by atoms with Gasteiger partial charge in [0.1, 0.15) is 0 Å². The molecule has 0 saturated heterocycles. The Kier molecular flexibility index (Phi) is 7.37. The molecule has 7 aromatic carbocycles. The van der Waals surface area contributed by atoms with Gasteiger partial charge in [-0.25, -0.2) is 0 Å². The third kappa shape index (κ3) is 4.68. The third-order valence-corrected chi connectivity index (χ3v) is 17.6. The summed E-state index contributed by atoms with van der Waals surface area (Å²) in [6.45, 7) is 9.84. The highest BCUT2D eigenvalue weighted by Gasteiger charge is 2.85. The van der Waals surface area contributed by atoms with Crippen LogP contribution < -0.4 is 4.90 Å². The van der Waals surface area contributed by atoms with E-state index in [9.17, 15) is 0 Å². The number of hydrogen-bond acceptors (Lipinski definition) is 1. The van der Waals surface area contributed by atoms with Crippen molar-refractivity contribution in [2.24, 2.45) is 29.1 Å². The molecule has 0 radical (unpaired) electrons. The maximum atomic E-state index is 2.69. The minimum atomic E-state index is 0.0252. The fourth-order valence-electron chi connectivity index (χ4n) is 15.0. The number of fused-ring (bicyclic) bond motifs is 9. The summed E-state index contributed by atoms with van der Waals surface area (Å²) in [7, 11) is 0. The summed E-state index contributed by atoms with van der Waals surface area (Å²) < 4.78 is 0. The molecule has 0 aliphatic heterocycles. The maximum Gasteiger partial charge on any atom is 0.0621 e. The lowest BCUT2D eigenvalue weighted by molar-refractivity contribution is -0.231. The molecular weight excluding hydrogens is 735 g/mol. The molecule has 1 heteroatoms. The normalized spacial score (nSPS) is 27.3. The van der Waals surface area contributed by atoms with Crippen LogP contribution >= 0.6 is 0 Å². The molecule has 0 N–H and O–H groups in total. The van der Waals surface area contributed by atoms with Crippen molar-refractivity contribution in [1.82, 2.24) is 0 Å². The first-order valence-corrected chi connectivity index (χ1v) is 23.2. The van der Waals surface area contributed by atoms with Gasteiger partial charge in [0, 0.05) is 27.9 Å². The van der Waals surface area contributed by atoms with Gasteiger partial charge in [-0.3, -0.25) is 0 Å². The zero-order valence-corrected chi connectivity index (χ0v) is 36.1. The van der Waals surface area contributed by atoms with E-state index in [0.717, 1.165) is 11.8 Å². The Bertz CT molecular complexity index is 2890. The molecule has 6 aliphatic carbocycles. The maximum absolute atomic E-state index is 2.69. The number of benzene rings is 7. The van der Waals surface area contributed by atoms with Crippen LogP contribution in [-0.4, -0.2) is 0 Å². The zero-order valence-electron chi connectivity index (χ0n) is 36.1. The summed E-state index contributed by atoms with van der Waals surface area (Å²) in [6.07, 6.45) is 8.07. The largest absolute Gasteiger partial charge is 0.309 e. The number of hydrogen-bond donors (Lipinski definition) is 0. The molecule has 300 valence electrons. The number of nitrogens with zero attached hydrogens (tertiary/aromatic N) is 1. The van der Waals surface area contributed by atoms with E-state index in [4.69, 9.17) is 0 Å². The molecule has 6 atom stereocenters. The van der Waals surface area contributed by atoms with Crippen molar-refractivity contribution in [3.05, 3.63) is 186 Å². The lowest BCUT2D eigenvalue weighted by atomic mass is 9.26. The SMILES string of the molecule is CC1(C)CCC(C)(C)c2cc(N(c3ccc(-c4ccccc4)cc3)c3c(-c4ccccc4)cc4c(c3-c3ccccc3)C3(c5ccccc5-4)C4CC5CC6CC3C64C5)ccc21. The van der Waals surface area contributed by atoms with Crippen LogP contribution in [-0.2, 0) is 16.2 Å². The van der Waals surface area contributed by atoms with Gasteiger partial charge in [-0.15, -0.1) is 0 Å². The van der Waals surface area contributed by atoms with E-state index in [1.165, 1.54) is 111 Å². The predicted octanol–water partition coefficient (Wildman–Crippen LogP) is 15.8. The molecule has 4 saturated carbocycles. The van der Waals surface area contributed by atoms with Gasteiger partial charge in [0.05, 0.1) is 5.69 Å². The number of rotatable bonds is 6. The fourth-order valence-corrected chi connectivity index (χ4v) is 15.0. The van der Waals surface area contributed by atoms with E-state index in [1.54, 1.807) is 11.1 Å². The monoisotopic (exact) mass is 789 g/mol. The molecule has 1 nitrogen and oxygen atoms in total. The quantitative estimate of drug-likeness (QED) is 0.162. The molecule has 0 amide bonds. The van der Waals surface area contributed by atoms with Crippen LogP contribution in [0.25, 0.3) is 44.5 Å². The van der Waals surface area contributed by atoms with Gasteiger partial charge in [0.25, 0.3) is 0 Å². The van der Waals surface area contributed by atoms with Crippen molar-refractivity contribution in [2.45, 2.75) is 82.5 Å². The van der Waals surface area contributed by atoms with Crippen LogP contribution in [0.1, 0.15) is 88.5 Å². The lowest BCUT2D eigenvalue weighted by Crippen LogP contribution is -2.73. The summed E-state index contributed by atoms with van der Waals surface area (Å²) in [5, 5.41) is 0. The van der Waals surface area contributed by atoms with Gasteiger partial charge in [-0.1, -0.05) is 161 Å². The van der Waals surface area contributed by atoms with E-state index >= 15 is 0 Å². The van der Waals surface area contributed by atoms with Crippen LogP contribution in [0.3, 0.4) is 0 Å². The summed E-state index contributed by atoms with van der Waals surface area (Å²) in [5.41, 5.74) is 21.4. The second-order valence-electron chi connectivity index (χ2n) is 21.2. The van der Waals surface area contributed by atoms with Crippen molar-refractivity contribution >= 4 is 17.1 Å². The summed E-state index contributed by atoms with van der Waals surface area (Å²) >= 11 is 0. The molecule has 0 aromatic heterocycles. The van der Waals surface area contributed by atoms with E-state index in [0.29, 0.717) is 17.3 Å². The zero-order chi connectivity index (χ0) is 40.9.